The Morgan fingerprint density at radius 2 is 1.49 bits per heavy atom. The Kier molecular flexibility index (Phi) is 7.22. The standard InChI is InChI=1S/C23H16N2O6S4/c26-18-16(34-22(32)24(18)14-8-4-12(5-9-14)20(28)29)2-1-3-17-19(27)25(23(33)35-17)15-10-6-13(7-11-15)21(30)31/h2-11,16,18,26-27H,(H,28,29)(H,30,31). The molecule has 0 bridgehead atoms. The van der Waals surface area contributed by atoms with E-state index in [-0.39, 0.29) is 17.0 Å². The number of aliphatic hydroxyl groups excluding tert-OH is 1. The topological polar surface area (TPSA) is 123 Å². The second kappa shape index (κ2) is 10.2. The quantitative estimate of drug-likeness (QED) is 0.255. The number of aromatic hydroxyl groups is 1. The molecular formula is C23H16N2O6S4. The van der Waals surface area contributed by atoms with Crippen LogP contribution >= 0.6 is 47.5 Å². The average Bonchev–Trinajstić information content (AvgIpc) is 3.27. The van der Waals surface area contributed by atoms with E-state index in [0.29, 0.717) is 24.5 Å². The van der Waals surface area contributed by atoms with E-state index in [1.54, 1.807) is 36.4 Å². The fraction of sp³-hybridized carbons (Fsp3) is 0.0870. The first-order valence-corrected chi connectivity index (χ1v) is 12.4. The summed E-state index contributed by atoms with van der Waals surface area (Å²) in [5, 5.41) is 39.1. The lowest BCUT2D eigenvalue weighted by molar-refractivity contribution is 0.0686. The van der Waals surface area contributed by atoms with Crippen molar-refractivity contribution < 1.29 is 30.0 Å². The summed E-state index contributed by atoms with van der Waals surface area (Å²) in [6.07, 6.45) is 2.17. The lowest BCUT2D eigenvalue weighted by Gasteiger charge is -2.22. The fourth-order valence-corrected chi connectivity index (χ4v) is 6.05. The van der Waals surface area contributed by atoms with Crippen molar-refractivity contribution in [1.29, 1.82) is 0 Å². The van der Waals surface area contributed by atoms with Gasteiger partial charge in [-0.2, -0.15) is 0 Å². The van der Waals surface area contributed by atoms with Crippen LogP contribution in [0.15, 0.2) is 60.3 Å². The Bertz CT molecular complexity index is 1440. The zero-order valence-corrected chi connectivity index (χ0v) is 20.8. The third kappa shape index (κ3) is 5.08. The first-order chi connectivity index (χ1) is 16.7. The average molecular weight is 545 g/mol. The molecule has 3 aromatic rings. The number of aliphatic hydroxyl groups is 1. The Hall–Kier alpha value is -3.25. The fourth-order valence-electron chi connectivity index (χ4n) is 3.31. The highest BCUT2D eigenvalue weighted by atomic mass is 32.2. The predicted octanol–water partition coefficient (Wildman–Crippen LogP) is 4.76. The molecule has 2 aromatic carbocycles. The molecular weight excluding hydrogens is 529 g/mol. The molecule has 178 valence electrons. The van der Waals surface area contributed by atoms with Gasteiger partial charge >= 0.3 is 11.9 Å². The van der Waals surface area contributed by atoms with E-state index in [9.17, 15) is 19.8 Å². The number of anilines is 1. The van der Waals surface area contributed by atoms with Crippen LogP contribution in [0.2, 0.25) is 0 Å². The molecule has 2 heterocycles. The highest BCUT2D eigenvalue weighted by Crippen LogP contribution is 2.36. The zero-order valence-electron chi connectivity index (χ0n) is 17.6. The summed E-state index contributed by atoms with van der Waals surface area (Å²) in [5.41, 5.74) is 4.31. The van der Waals surface area contributed by atoms with Crippen molar-refractivity contribution in [3.05, 3.63) is 80.3 Å². The molecule has 0 amide bonds. The number of carboxylic acid groups (broad SMARTS) is 2. The van der Waals surface area contributed by atoms with Crippen LogP contribution in [0.25, 0.3) is 11.8 Å². The summed E-state index contributed by atoms with van der Waals surface area (Å²) in [4.78, 5) is 24.1. The highest BCUT2D eigenvalue weighted by Gasteiger charge is 2.36. The van der Waals surface area contributed by atoms with Gasteiger partial charge in [-0.1, -0.05) is 24.0 Å². The van der Waals surface area contributed by atoms with Gasteiger partial charge in [0.15, 0.2) is 3.95 Å². The maximum atomic E-state index is 11.1. The summed E-state index contributed by atoms with van der Waals surface area (Å²) in [6.45, 7) is 0. The van der Waals surface area contributed by atoms with Gasteiger partial charge in [-0.15, -0.1) is 17.1 Å². The first kappa shape index (κ1) is 24.9. The molecule has 4 rings (SSSR count). The summed E-state index contributed by atoms with van der Waals surface area (Å²) >= 11 is 13.2. The molecule has 1 aliphatic heterocycles. The van der Waals surface area contributed by atoms with Gasteiger partial charge in [0.2, 0.25) is 5.88 Å². The van der Waals surface area contributed by atoms with Gasteiger partial charge < -0.3 is 20.4 Å². The van der Waals surface area contributed by atoms with Crippen LogP contribution in [0.3, 0.4) is 0 Å². The minimum absolute atomic E-state index is 0.112. The molecule has 1 fully saturated rings. The lowest BCUT2D eigenvalue weighted by Crippen LogP contribution is -2.35. The van der Waals surface area contributed by atoms with Crippen molar-refractivity contribution in [2.75, 3.05) is 4.90 Å². The van der Waals surface area contributed by atoms with Crippen molar-refractivity contribution >= 4 is 75.6 Å². The number of benzene rings is 2. The second-order valence-corrected chi connectivity index (χ2v) is 10.7. The van der Waals surface area contributed by atoms with Crippen molar-refractivity contribution in [1.82, 2.24) is 4.57 Å². The van der Waals surface area contributed by atoms with Crippen LogP contribution in [-0.2, 0) is 0 Å². The van der Waals surface area contributed by atoms with E-state index in [4.69, 9.17) is 34.6 Å². The zero-order chi connectivity index (χ0) is 25.3. The molecule has 2 unspecified atom stereocenters. The number of aromatic nitrogens is 1. The Labute approximate surface area is 217 Å². The number of aromatic carboxylic acids is 2. The van der Waals surface area contributed by atoms with Crippen molar-refractivity contribution in [2.45, 2.75) is 11.5 Å². The first-order valence-electron chi connectivity index (χ1n) is 9.90. The van der Waals surface area contributed by atoms with E-state index in [0.717, 1.165) is 11.3 Å². The molecule has 1 aromatic heterocycles. The Morgan fingerprint density at radius 3 is 2.03 bits per heavy atom. The van der Waals surface area contributed by atoms with Crippen molar-refractivity contribution in [2.24, 2.45) is 0 Å². The normalized spacial score (nSPS) is 17.2. The van der Waals surface area contributed by atoms with E-state index in [1.165, 1.54) is 45.5 Å². The van der Waals surface area contributed by atoms with Crippen molar-refractivity contribution in [3.8, 4) is 11.6 Å². The molecule has 4 N–H and O–H groups in total. The van der Waals surface area contributed by atoms with Gasteiger partial charge in [-0.25, -0.2) is 9.59 Å². The van der Waals surface area contributed by atoms with Crippen LogP contribution in [0, 0.1) is 3.95 Å². The molecule has 2 atom stereocenters. The van der Waals surface area contributed by atoms with Crippen LogP contribution in [0.1, 0.15) is 25.6 Å². The predicted molar refractivity (Wildman–Crippen MR) is 142 cm³/mol. The molecule has 8 nitrogen and oxygen atoms in total. The van der Waals surface area contributed by atoms with Gasteiger partial charge in [0.05, 0.1) is 26.9 Å². The molecule has 12 heteroatoms. The SMILES string of the molecule is O=C(O)c1ccc(N2C(=S)SC(C=C=Cc3sc(=S)n(-c4ccc(C(=O)O)cc4)c3O)C2O)cc1. The van der Waals surface area contributed by atoms with Crippen LogP contribution in [0.5, 0.6) is 5.88 Å². The number of thiocarbonyl (C=S) groups is 1. The summed E-state index contributed by atoms with van der Waals surface area (Å²) in [6, 6.07) is 12.0. The molecule has 0 aliphatic carbocycles. The Morgan fingerprint density at radius 1 is 0.943 bits per heavy atom. The maximum absolute atomic E-state index is 11.1. The molecule has 1 saturated heterocycles. The number of carboxylic acids is 2. The number of thioether (sulfide) groups is 1. The second-order valence-electron chi connectivity index (χ2n) is 7.20. The Balaban J connectivity index is 1.54. The van der Waals surface area contributed by atoms with Crippen LogP contribution in [0.4, 0.5) is 5.69 Å². The van der Waals surface area contributed by atoms with E-state index in [2.05, 4.69) is 5.73 Å². The van der Waals surface area contributed by atoms with Gasteiger partial charge in [0.1, 0.15) is 10.5 Å². The molecule has 0 radical (unpaired) electrons. The summed E-state index contributed by atoms with van der Waals surface area (Å²) in [5.74, 6) is -2.20. The van der Waals surface area contributed by atoms with Crippen LogP contribution in [-0.4, -0.2) is 52.7 Å². The minimum Gasteiger partial charge on any atom is -0.493 e. The number of rotatable bonds is 6. The number of hydrogen-bond acceptors (Lipinski definition) is 8. The lowest BCUT2D eigenvalue weighted by atomic mass is 10.2. The van der Waals surface area contributed by atoms with Crippen molar-refractivity contribution in [3.63, 3.8) is 0 Å². The highest BCUT2D eigenvalue weighted by molar-refractivity contribution is 8.24. The molecule has 0 saturated carbocycles. The van der Waals surface area contributed by atoms with Gasteiger partial charge in [-0.05, 0) is 66.8 Å². The largest absolute Gasteiger partial charge is 0.493 e. The van der Waals surface area contributed by atoms with Gasteiger partial charge in [-0.3, -0.25) is 9.47 Å². The number of hydrogen-bond donors (Lipinski definition) is 4. The smallest absolute Gasteiger partial charge is 0.335 e. The number of carbonyl (C=O) groups is 2. The monoisotopic (exact) mass is 544 g/mol. The third-order valence-electron chi connectivity index (χ3n) is 5.04. The summed E-state index contributed by atoms with van der Waals surface area (Å²) < 4.78 is 2.22. The number of nitrogens with zero attached hydrogens (tertiary/aromatic N) is 2. The summed E-state index contributed by atoms with van der Waals surface area (Å²) in [7, 11) is 0. The van der Waals surface area contributed by atoms with Crippen LogP contribution < -0.4 is 4.90 Å². The molecule has 0 spiro atoms. The molecule has 35 heavy (non-hydrogen) atoms. The van der Waals surface area contributed by atoms with E-state index in [1.807, 2.05) is 0 Å². The van der Waals surface area contributed by atoms with Gasteiger partial charge in [0.25, 0.3) is 0 Å². The third-order valence-corrected chi connectivity index (χ3v) is 7.89. The van der Waals surface area contributed by atoms with Gasteiger partial charge in [0, 0.05) is 11.8 Å². The van der Waals surface area contributed by atoms with E-state index >= 15 is 0 Å². The number of thiazole rings is 1. The van der Waals surface area contributed by atoms with E-state index < -0.39 is 23.4 Å². The maximum Gasteiger partial charge on any atom is 0.335 e. The minimum atomic E-state index is -1.05. The molecule has 1 aliphatic rings.